The summed E-state index contributed by atoms with van der Waals surface area (Å²) in [6, 6.07) is 6.35. The third-order valence-electron chi connectivity index (χ3n) is 1.69. The van der Waals surface area contributed by atoms with E-state index in [1.807, 2.05) is 6.07 Å². The van der Waals surface area contributed by atoms with E-state index in [9.17, 15) is 4.39 Å². The number of halogens is 1. The molecule has 1 nitrogen and oxygen atoms in total. The van der Waals surface area contributed by atoms with E-state index >= 15 is 0 Å². The van der Waals surface area contributed by atoms with Gasteiger partial charge in [-0.05, 0) is 18.2 Å². The molecule has 3 heteroatoms. The second-order valence-electron chi connectivity index (χ2n) is 2.55. The molecule has 0 radical (unpaired) electrons. The highest BCUT2D eigenvalue weighted by atomic mass is 32.1. The maximum atomic E-state index is 12.7. The van der Waals surface area contributed by atoms with Crippen molar-refractivity contribution in [1.29, 1.82) is 0 Å². The molecule has 0 saturated heterocycles. The largest absolute Gasteiger partial charge is 0.460 e. The van der Waals surface area contributed by atoms with Crippen molar-refractivity contribution < 1.29 is 8.81 Å². The number of benzene rings is 1. The molecule has 0 bridgehead atoms. The van der Waals surface area contributed by atoms with Crippen molar-refractivity contribution in [2.75, 3.05) is 0 Å². The molecule has 0 atom stereocenters. The Morgan fingerprint density at radius 1 is 1.33 bits per heavy atom. The van der Waals surface area contributed by atoms with Gasteiger partial charge in [-0.15, -0.1) is 0 Å². The topological polar surface area (TPSA) is 13.1 Å². The lowest BCUT2D eigenvalue weighted by Crippen LogP contribution is -1.68. The van der Waals surface area contributed by atoms with Crippen molar-refractivity contribution >= 4 is 23.6 Å². The van der Waals surface area contributed by atoms with Crippen LogP contribution < -0.4 is 0 Å². The van der Waals surface area contributed by atoms with Crippen molar-refractivity contribution in [2.45, 2.75) is 5.75 Å². The van der Waals surface area contributed by atoms with Gasteiger partial charge >= 0.3 is 0 Å². The molecule has 0 N–H and O–H groups in total. The Bertz CT molecular complexity index is 408. The molecule has 0 amide bonds. The summed E-state index contributed by atoms with van der Waals surface area (Å²) in [7, 11) is 0. The van der Waals surface area contributed by atoms with Crippen LogP contribution in [0.5, 0.6) is 0 Å². The maximum Gasteiger partial charge on any atom is 0.137 e. The van der Waals surface area contributed by atoms with Gasteiger partial charge in [0.05, 0.1) is 0 Å². The molecule has 0 fully saturated rings. The van der Waals surface area contributed by atoms with Crippen molar-refractivity contribution in [3.8, 4) is 0 Å². The molecule has 0 aliphatic heterocycles. The van der Waals surface area contributed by atoms with E-state index in [-0.39, 0.29) is 5.82 Å². The molecule has 1 aromatic carbocycles. The summed E-state index contributed by atoms with van der Waals surface area (Å²) in [6.07, 6.45) is 0. The van der Waals surface area contributed by atoms with Crippen LogP contribution in [0, 0.1) is 5.82 Å². The lowest BCUT2D eigenvalue weighted by atomic mass is 10.2. The van der Waals surface area contributed by atoms with Crippen LogP contribution in [0.3, 0.4) is 0 Å². The Hall–Kier alpha value is -0.960. The summed E-state index contributed by atoms with van der Waals surface area (Å²) in [4.78, 5) is 0. The summed E-state index contributed by atoms with van der Waals surface area (Å²) in [5.41, 5.74) is 0.582. The normalized spacial score (nSPS) is 10.8. The third-order valence-corrected chi connectivity index (χ3v) is 2.00. The smallest absolute Gasteiger partial charge is 0.137 e. The number of hydrogen-bond donors (Lipinski definition) is 1. The Morgan fingerprint density at radius 2 is 2.17 bits per heavy atom. The van der Waals surface area contributed by atoms with Crippen LogP contribution in [0.4, 0.5) is 4.39 Å². The first-order chi connectivity index (χ1) is 5.79. The van der Waals surface area contributed by atoms with Crippen LogP contribution >= 0.6 is 12.6 Å². The van der Waals surface area contributed by atoms with Gasteiger partial charge in [-0.3, -0.25) is 0 Å². The van der Waals surface area contributed by atoms with Crippen LogP contribution in [0.1, 0.15) is 5.76 Å². The zero-order valence-corrected chi connectivity index (χ0v) is 7.14. The minimum atomic E-state index is -0.275. The van der Waals surface area contributed by atoms with Gasteiger partial charge in [-0.25, -0.2) is 4.39 Å². The van der Waals surface area contributed by atoms with Crippen LogP contribution in [-0.4, -0.2) is 0 Å². The first-order valence-electron chi connectivity index (χ1n) is 3.58. The van der Waals surface area contributed by atoms with Gasteiger partial charge in [-0.2, -0.15) is 12.6 Å². The number of rotatable bonds is 1. The van der Waals surface area contributed by atoms with Crippen molar-refractivity contribution in [3.05, 3.63) is 35.8 Å². The number of fused-ring (bicyclic) bond motifs is 1. The molecule has 1 heterocycles. The Kier molecular flexibility index (Phi) is 1.81. The molecule has 0 aliphatic carbocycles. The first-order valence-corrected chi connectivity index (χ1v) is 4.21. The summed E-state index contributed by atoms with van der Waals surface area (Å²) in [6.45, 7) is 0. The SMILES string of the molecule is Fc1ccc2cc(CS)oc2c1. The molecular weight excluding hydrogens is 175 g/mol. The zero-order valence-electron chi connectivity index (χ0n) is 6.25. The molecule has 0 saturated carbocycles. The van der Waals surface area contributed by atoms with Crippen molar-refractivity contribution in [1.82, 2.24) is 0 Å². The monoisotopic (exact) mass is 182 g/mol. The van der Waals surface area contributed by atoms with Crippen LogP contribution in [0.15, 0.2) is 28.7 Å². The Balaban J connectivity index is 2.67. The van der Waals surface area contributed by atoms with E-state index in [2.05, 4.69) is 12.6 Å². The second-order valence-corrected chi connectivity index (χ2v) is 2.87. The third kappa shape index (κ3) is 1.20. The molecule has 0 aliphatic rings. The summed E-state index contributed by atoms with van der Waals surface area (Å²) in [5, 5.41) is 0.917. The predicted octanol–water partition coefficient (Wildman–Crippen LogP) is 3.00. The molecule has 62 valence electrons. The first kappa shape index (κ1) is 7.68. The average molecular weight is 182 g/mol. The fourth-order valence-corrected chi connectivity index (χ4v) is 1.29. The molecule has 0 spiro atoms. The number of hydrogen-bond acceptors (Lipinski definition) is 2. The van der Waals surface area contributed by atoms with Crippen molar-refractivity contribution in [2.24, 2.45) is 0 Å². The zero-order chi connectivity index (χ0) is 8.55. The molecular formula is C9H7FOS. The highest BCUT2D eigenvalue weighted by Gasteiger charge is 2.02. The highest BCUT2D eigenvalue weighted by molar-refractivity contribution is 7.79. The quantitative estimate of drug-likeness (QED) is 0.669. The Labute approximate surface area is 74.6 Å². The highest BCUT2D eigenvalue weighted by Crippen LogP contribution is 2.20. The summed E-state index contributed by atoms with van der Waals surface area (Å²) in [5.74, 6) is 1.03. The van der Waals surface area contributed by atoms with E-state index in [0.29, 0.717) is 11.3 Å². The van der Waals surface area contributed by atoms with E-state index in [1.165, 1.54) is 12.1 Å². The lowest BCUT2D eigenvalue weighted by Gasteiger charge is -1.86. The second kappa shape index (κ2) is 2.83. The van der Waals surface area contributed by atoms with E-state index < -0.39 is 0 Å². The summed E-state index contributed by atoms with van der Waals surface area (Å²) >= 11 is 4.06. The molecule has 12 heavy (non-hydrogen) atoms. The molecule has 2 rings (SSSR count). The van der Waals surface area contributed by atoms with Crippen LogP contribution in [0.25, 0.3) is 11.0 Å². The minimum Gasteiger partial charge on any atom is -0.460 e. The fraction of sp³-hybridized carbons (Fsp3) is 0.111. The van der Waals surface area contributed by atoms with E-state index in [4.69, 9.17) is 4.42 Å². The van der Waals surface area contributed by atoms with E-state index in [0.717, 1.165) is 11.1 Å². The predicted molar refractivity (Wildman–Crippen MR) is 48.9 cm³/mol. The standard InChI is InChI=1S/C9H7FOS/c10-7-2-1-6-3-8(5-12)11-9(6)4-7/h1-4,12H,5H2. The van der Waals surface area contributed by atoms with Crippen LogP contribution in [-0.2, 0) is 5.75 Å². The average Bonchev–Trinajstić information content (AvgIpc) is 2.46. The summed E-state index contributed by atoms with van der Waals surface area (Å²) < 4.78 is 18.0. The minimum absolute atomic E-state index is 0.275. The number of thiol groups is 1. The van der Waals surface area contributed by atoms with Gasteiger partial charge in [0.2, 0.25) is 0 Å². The van der Waals surface area contributed by atoms with Gasteiger partial charge in [0.25, 0.3) is 0 Å². The fourth-order valence-electron chi connectivity index (χ4n) is 1.14. The van der Waals surface area contributed by atoms with Crippen LogP contribution in [0.2, 0.25) is 0 Å². The molecule has 2 aromatic rings. The molecule has 0 unspecified atom stereocenters. The Morgan fingerprint density at radius 3 is 2.92 bits per heavy atom. The van der Waals surface area contributed by atoms with Gasteiger partial charge in [-0.1, -0.05) is 0 Å². The van der Waals surface area contributed by atoms with Gasteiger partial charge in [0.15, 0.2) is 0 Å². The molecule has 1 aromatic heterocycles. The number of furan rings is 1. The van der Waals surface area contributed by atoms with Crippen molar-refractivity contribution in [3.63, 3.8) is 0 Å². The van der Waals surface area contributed by atoms with Gasteiger partial charge in [0, 0.05) is 17.2 Å². The van der Waals surface area contributed by atoms with Gasteiger partial charge < -0.3 is 4.42 Å². The lowest BCUT2D eigenvalue weighted by molar-refractivity contribution is 0.567. The maximum absolute atomic E-state index is 12.7. The van der Waals surface area contributed by atoms with E-state index in [1.54, 1.807) is 6.07 Å². The van der Waals surface area contributed by atoms with Gasteiger partial charge in [0.1, 0.15) is 17.2 Å².